The maximum atomic E-state index is 12.4. The van der Waals surface area contributed by atoms with E-state index in [1.54, 1.807) is 6.08 Å². The van der Waals surface area contributed by atoms with Crippen molar-refractivity contribution in [3.05, 3.63) is 11.6 Å². The van der Waals surface area contributed by atoms with Gasteiger partial charge in [0.1, 0.15) is 12.7 Å². The maximum Gasteiger partial charge on any atom is 0.331 e. The molecule has 7 nitrogen and oxygen atoms in total. The number of ether oxygens (including phenoxy) is 3. The molecular weight excluding hydrogens is 472 g/mol. The zero-order valence-electron chi connectivity index (χ0n) is 22.9. The van der Waals surface area contributed by atoms with Gasteiger partial charge in [0.2, 0.25) is 0 Å². The summed E-state index contributed by atoms with van der Waals surface area (Å²) in [5.74, 6) is 1.02. The molecule has 2 aliphatic heterocycles. The van der Waals surface area contributed by atoms with Crippen LogP contribution in [0, 0.1) is 40.4 Å². The van der Waals surface area contributed by atoms with Crippen molar-refractivity contribution in [3.8, 4) is 0 Å². The van der Waals surface area contributed by atoms with E-state index in [4.69, 9.17) is 14.2 Å². The molecule has 208 valence electrons. The Labute approximate surface area is 220 Å². The van der Waals surface area contributed by atoms with Crippen LogP contribution in [0.25, 0.3) is 0 Å². The van der Waals surface area contributed by atoms with Crippen molar-refractivity contribution in [2.75, 3.05) is 6.61 Å². The van der Waals surface area contributed by atoms with Crippen LogP contribution >= 0.6 is 0 Å². The lowest BCUT2D eigenvalue weighted by Crippen LogP contribution is -2.62. The third kappa shape index (κ3) is 3.81. The van der Waals surface area contributed by atoms with Gasteiger partial charge in [-0.1, -0.05) is 20.8 Å². The highest BCUT2D eigenvalue weighted by Crippen LogP contribution is 2.70. The molecule has 0 radical (unpaired) electrons. The van der Waals surface area contributed by atoms with Gasteiger partial charge in [-0.3, -0.25) is 0 Å². The van der Waals surface area contributed by atoms with Crippen molar-refractivity contribution in [1.29, 1.82) is 0 Å². The summed E-state index contributed by atoms with van der Waals surface area (Å²) >= 11 is 0. The van der Waals surface area contributed by atoms with Gasteiger partial charge in [0.05, 0.1) is 23.9 Å². The Bertz CT molecular complexity index is 950. The lowest BCUT2D eigenvalue weighted by Gasteiger charge is -2.64. The minimum Gasteiger partial charge on any atom is -0.458 e. The predicted octanol–water partition coefficient (Wildman–Crippen LogP) is 3.73. The highest BCUT2D eigenvalue weighted by Gasteiger charge is 2.67. The molecule has 0 aromatic carbocycles. The van der Waals surface area contributed by atoms with E-state index >= 15 is 0 Å². The summed E-state index contributed by atoms with van der Waals surface area (Å²) < 4.78 is 17.5. The Morgan fingerprint density at radius 2 is 1.76 bits per heavy atom. The van der Waals surface area contributed by atoms with Gasteiger partial charge in [-0.05, 0) is 99.4 Å². The van der Waals surface area contributed by atoms with Crippen LogP contribution in [-0.4, -0.2) is 64.2 Å². The fraction of sp³-hybridized carbons (Fsp3) is 0.900. The van der Waals surface area contributed by atoms with E-state index in [2.05, 4.69) is 13.8 Å². The molecule has 0 amide bonds. The smallest absolute Gasteiger partial charge is 0.331 e. The van der Waals surface area contributed by atoms with Crippen molar-refractivity contribution in [2.24, 2.45) is 40.4 Å². The summed E-state index contributed by atoms with van der Waals surface area (Å²) in [6, 6.07) is 0. The first-order valence-corrected chi connectivity index (χ1v) is 14.7. The molecule has 5 fully saturated rings. The van der Waals surface area contributed by atoms with E-state index in [0.717, 1.165) is 63.4 Å². The van der Waals surface area contributed by atoms with E-state index in [0.29, 0.717) is 24.4 Å². The topological polar surface area (TPSA) is 105 Å². The highest BCUT2D eigenvalue weighted by molar-refractivity contribution is 5.85. The number of carbonyl (C=O) groups is 1. The van der Waals surface area contributed by atoms with Crippen LogP contribution < -0.4 is 0 Å². The summed E-state index contributed by atoms with van der Waals surface area (Å²) in [5.41, 5.74) is 0.362. The molecule has 7 heteroatoms. The second-order valence-electron chi connectivity index (χ2n) is 13.9. The number of fused-ring (bicyclic) bond motifs is 5. The van der Waals surface area contributed by atoms with E-state index in [1.165, 1.54) is 0 Å². The normalized spacial score (nSPS) is 55.6. The molecule has 4 saturated carbocycles. The number of hydrogen-bond donors (Lipinski definition) is 3. The molecule has 6 rings (SSSR count). The van der Waals surface area contributed by atoms with E-state index in [-0.39, 0.29) is 40.8 Å². The monoisotopic (exact) mass is 518 g/mol. The quantitative estimate of drug-likeness (QED) is 0.386. The Hall–Kier alpha value is -0.990. The third-order valence-corrected chi connectivity index (χ3v) is 12.4. The van der Waals surface area contributed by atoms with E-state index in [9.17, 15) is 20.1 Å². The van der Waals surface area contributed by atoms with Gasteiger partial charge < -0.3 is 29.5 Å². The van der Waals surface area contributed by atoms with Gasteiger partial charge in [-0.15, -0.1) is 0 Å². The second-order valence-corrected chi connectivity index (χ2v) is 13.9. The second kappa shape index (κ2) is 9.02. The van der Waals surface area contributed by atoms with Crippen LogP contribution in [0.5, 0.6) is 0 Å². The Morgan fingerprint density at radius 1 is 0.973 bits per heavy atom. The number of hydrogen-bond acceptors (Lipinski definition) is 7. The molecule has 2 heterocycles. The fourth-order valence-electron chi connectivity index (χ4n) is 10.0. The van der Waals surface area contributed by atoms with Crippen LogP contribution in [0.1, 0.15) is 85.5 Å². The number of rotatable bonds is 3. The standard InChI is InChI=1S/C30H46O7/c1-16-25(32)17(2)36-27(26(16)33)37-20-7-10-28(3)19(14-20)5-6-23-22(28)8-11-29(4)21(9-12-30(23,29)34)18-13-24(31)35-15-18/h13,16-17,19-23,25-27,32-34H,5-12,14-15H2,1-4H3/t16?,17?,19-,20+,21+,22?,23?,25-,26-,27+,28+,29-,30+/m1/s1. The zero-order chi connectivity index (χ0) is 26.3. The molecule has 4 aliphatic carbocycles. The number of carbonyl (C=O) groups excluding carboxylic acids is 1. The molecule has 0 aromatic heterocycles. The molecule has 0 bridgehead atoms. The largest absolute Gasteiger partial charge is 0.458 e. The Kier molecular flexibility index (Phi) is 6.40. The van der Waals surface area contributed by atoms with Crippen LogP contribution in [0.15, 0.2) is 11.6 Å². The van der Waals surface area contributed by atoms with Crippen molar-refractivity contribution in [1.82, 2.24) is 0 Å². The summed E-state index contributed by atoms with van der Waals surface area (Å²) in [4.78, 5) is 11.8. The van der Waals surface area contributed by atoms with Gasteiger partial charge in [0.25, 0.3) is 0 Å². The predicted molar refractivity (Wildman–Crippen MR) is 136 cm³/mol. The van der Waals surface area contributed by atoms with Gasteiger partial charge in [-0.25, -0.2) is 4.79 Å². The third-order valence-electron chi connectivity index (χ3n) is 12.4. The molecule has 13 atom stereocenters. The van der Waals surface area contributed by atoms with Gasteiger partial charge in [0, 0.05) is 17.4 Å². The van der Waals surface area contributed by atoms with E-state index < -0.39 is 24.1 Å². The molecule has 6 aliphatic rings. The highest BCUT2D eigenvalue weighted by atomic mass is 16.7. The average molecular weight is 519 g/mol. The molecule has 37 heavy (non-hydrogen) atoms. The summed E-state index contributed by atoms with van der Waals surface area (Å²) in [6.45, 7) is 8.82. The molecular formula is C30H46O7. The number of esters is 1. The van der Waals surface area contributed by atoms with Crippen LogP contribution in [0.4, 0.5) is 0 Å². The number of cyclic esters (lactones) is 1. The molecule has 0 aromatic rings. The average Bonchev–Trinajstić information content (AvgIpc) is 3.41. The SMILES string of the molecule is CC1O[C@@H](O[C@H]2CC[C@]3(C)C4CC[C@]5(C)[C@H](C6=CC(=O)OC6)CC[C@]5(O)C4CC[C@@H]3C2)[C@H](O)C(C)[C@H]1O. The molecule has 1 saturated heterocycles. The fourth-order valence-corrected chi connectivity index (χ4v) is 10.0. The van der Waals surface area contributed by atoms with Crippen molar-refractivity contribution in [2.45, 2.75) is 122 Å². The summed E-state index contributed by atoms with van der Waals surface area (Å²) in [6.07, 6.45) is 8.10. The Balaban J connectivity index is 1.16. The van der Waals surface area contributed by atoms with Gasteiger partial charge in [0.15, 0.2) is 6.29 Å². The van der Waals surface area contributed by atoms with Crippen LogP contribution in [-0.2, 0) is 19.0 Å². The van der Waals surface area contributed by atoms with E-state index in [1.807, 2.05) is 13.8 Å². The number of aliphatic hydroxyl groups excluding tert-OH is 2. The Morgan fingerprint density at radius 3 is 2.49 bits per heavy atom. The first kappa shape index (κ1) is 26.2. The first-order chi connectivity index (χ1) is 17.5. The molecule has 4 unspecified atom stereocenters. The molecule has 0 spiro atoms. The lowest BCUT2D eigenvalue weighted by atomic mass is 9.43. The zero-order valence-corrected chi connectivity index (χ0v) is 22.9. The maximum absolute atomic E-state index is 12.4. The summed E-state index contributed by atoms with van der Waals surface area (Å²) in [7, 11) is 0. The van der Waals surface area contributed by atoms with Crippen molar-refractivity contribution in [3.63, 3.8) is 0 Å². The van der Waals surface area contributed by atoms with Gasteiger partial charge >= 0.3 is 5.97 Å². The minimum absolute atomic E-state index is 0.0450. The van der Waals surface area contributed by atoms with Gasteiger partial charge in [-0.2, -0.15) is 0 Å². The van der Waals surface area contributed by atoms with Crippen molar-refractivity contribution >= 4 is 5.97 Å². The molecule has 3 N–H and O–H groups in total. The van der Waals surface area contributed by atoms with Crippen LogP contribution in [0.2, 0.25) is 0 Å². The van der Waals surface area contributed by atoms with Crippen molar-refractivity contribution < 1.29 is 34.3 Å². The first-order valence-electron chi connectivity index (χ1n) is 14.7. The lowest BCUT2D eigenvalue weighted by molar-refractivity contribution is -0.299. The summed E-state index contributed by atoms with van der Waals surface area (Å²) in [5, 5.41) is 33.3. The minimum atomic E-state index is -0.827. The van der Waals surface area contributed by atoms with Crippen LogP contribution in [0.3, 0.4) is 0 Å². The number of aliphatic hydroxyl groups is 3.